The first-order chi connectivity index (χ1) is 7.56. The van der Waals surface area contributed by atoms with E-state index in [-0.39, 0.29) is 16.8 Å². The summed E-state index contributed by atoms with van der Waals surface area (Å²) in [7, 11) is 0. The lowest BCUT2D eigenvalue weighted by Crippen LogP contribution is -2.08. The van der Waals surface area contributed by atoms with Crippen LogP contribution in [0.15, 0.2) is 30.9 Å². The molecule has 16 heavy (non-hydrogen) atoms. The molecule has 0 saturated carbocycles. The molecule has 1 aromatic rings. The number of hydrogen-bond acceptors (Lipinski definition) is 3. The summed E-state index contributed by atoms with van der Waals surface area (Å²) >= 11 is 0. The number of anilines is 1. The third-order valence-electron chi connectivity index (χ3n) is 1.93. The summed E-state index contributed by atoms with van der Waals surface area (Å²) in [6.45, 7) is 3.85. The molecule has 0 aliphatic rings. The van der Waals surface area contributed by atoms with Crippen molar-refractivity contribution in [2.45, 2.75) is 0 Å². The van der Waals surface area contributed by atoms with Gasteiger partial charge in [-0.1, -0.05) is 6.08 Å². The second-order valence-electron chi connectivity index (χ2n) is 3.04. The summed E-state index contributed by atoms with van der Waals surface area (Å²) in [5.41, 5.74) is 0.343. The van der Waals surface area contributed by atoms with Crippen LogP contribution in [0.3, 0.4) is 0 Å². The molecule has 0 saturated heterocycles. The van der Waals surface area contributed by atoms with E-state index in [1.807, 2.05) is 0 Å². The van der Waals surface area contributed by atoms with Gasteiger partial charge in [-0.25, -0.2) is 9.59 Å². The van der Waals surface area contributed by atoms with E-state index in [1.165, 1.54) is 18.2 Å². The zero-order valence-electron chi connectivity index (χ0n) is 8.43. The average Bonchev–Trinajstić information content (AvgIpc) is 2.25. The first-order valence-electron chi connectivity index (χ1n) is 4.51. The van der Waals surface area contributed by atoms with E-state index in [2.05, 4.69) is 11.9 Å². The van der Waals surface area contributed by atoms with Gasteiger partial charge < -0.3 is 15.5 Å². The van der Waals surface area contributed by atoms with Gasteiger partial charge in [0.15, 0.2) is 0 Å². The molecule has 0 aliphatic carbocycles. The van der Waals surface area contributed by atoms with E-state index in [0.29, 0.717) is 6.54 Å². The van der Waals surface area contributed by atoms with Crippen molar-refractivity contribution in [2.75, 3.05) is 11.9 Å². The van der Waals surface area contributed by atoms with Crippen LogP contribution < -0.4 is 5.32 Å². The molecule has 0 bridgehead atoms. The molecule has 0 aromatic heterocycles. The Morgan fingerprint density at radius 1 is 1.31 bits per heavy atom. The summed E-state index contributed by atoms with van der Waals surface area (Å²) < 4.78 is 0. The van der Waals surface area contributed by atoms with Crippen LogP contribution in [0.2, 0.25) is 0 Å². The van der Waals surface area contributed by atoms with Gasteiger partial charge in [0.1, 0.15) is 0 Å². The summed E-state index contributed by atoms with van der Waals surface area (Å²) in [6.07, 6.45) is 1.55. The van der Waals surface area contributed by atoms with Gasteiger partial charge >= 0.3 is 11.9 Å². The lowest BCUT2D eigenvalue weighted by molar-refractivity contribution is 0.0682. The van der Waals surface area contributed by atoms with Crippen molar-refractivity contribution in [3.05, 3.63) is 42.0 Å². The molecular weight excluding hydrogens is 210 g/mol. The van der Waals surface area contributed by atoms with Gasteiger partial charge in [-0.05, 0) is 18.2 Å². The maximum absolute atomic E-state index is 10.9. The van der Waals surface area contributed by atoms with Crippen LogP contribution in [0.1, 0.15) is 20.7 Å². The molecule has 0 heterocycles. The van der Waals surface area contributed by atoms with E-state index < -0.39 is 11.9 Å². The Labute approximate surface area is 92.0 Å². The quantitative estimate of drug-likeness (QED) is 0.658. The SMILES string of the molecule is C=CCNc1cc(C(=O)O)ccc1C(=O)O. The first kappa shape index (κ1) is 11.8. The van der Waals surface area contributed by atoms with Crippen molar-refractivity contribution in [2.24, 2.45) is 0 Å². The molecule has 0 radical (unpaired) electrons. The summed E-state index contributed by atoms with van der Waals surface area (Å²) in [4.78, 5) is 21.6. The molecule has 0 spiro atoms. The van der Waals surface area contributed by atoms with Gasteiger partial charge in [-0.2, -0.15) is 0 Å². The normalized spacial score (nSPS) is 9.50. The Hall–Kier alpha value is -2.30. The van der Waals surface area contributed by atoms with E-state index in [1.54, 1.807) is 6.08 Å². The summed E-state index contributed by atoms with van der Waals surface area (Å²) in [5, 5.41) is 20.4. The maximum Gasteiger partial charge on any atom is 0.337 e. The van der Waals surface area contributed by atoms with Gasteiger partial charge in [-0.15, -0.1) is 6.58 Å². The zero-order chi connectivity index (χ0) is 12.1. The minimum atomic E-state index is -1.11. The highest BCUT2D eigenvalue weighted by atomic mass is 16.4. The van der Waals surface area contributed by atoms with Crippen LogP contribution in [-0.4, -0.2) is 28.7 Å². The van der Waals surface area contributed by atoms with Crippen molar-refractivity contribution < 1.29 is 19.8 Å². The van der Waals surface area contributed by atoms with Crippen LogP contribution in [-0.2, 0) is 0 Å². The van der Waals surface area contributed by atoms with Crippen LogP contribution in [0.25, 0.3) is 0 Å². The van der Waals surface area contributed by atoms with Gasteiger partial charge in [0.05, 0.1) is 11.1 Å². The van der Waals surface area contributed by atoms with Crippen molar-refractivity contribution in [1.29, 1.82) is 0 Å². The Balaban J connectivity index is 3.15. The van der Waals surface area contributed by atoms with Gasteiger partial charge in [0, 0.05) is 12.2 Å². The molecule has 0 atom stereocenters. The topological polar surface area (TPSA) is 86.6 Å². The minimum absolute atomic E-state index is 0.0341. The number of carboxylic acid groups (broad SMARTS) is 2. The molecular formula is C11H11NO4. The highest BCUT2D eigenvalue weighted by molar-refractivity contribution is 5.97. The van der Waals surface area contributed by atoms with Crippen LogP contribution in [0, 0.1) is 0 Å². The number of aromatic carboxylic acids is 2. The fourth-order valence-corrected chi connectivity index (χ4v) is 1.19. The molecule has 0 amide bonds. The lowest BCUT2D eigenvalue weighted by atomic mass is 10.1. The standard InChI is InChI=1S/C11H11NO4/c1-2-5-12-9-6-7(10(13)14)3-4-8(9)11(15)16/h2-4,6,12H,1,5H2,(H,13,14)(H,15,16). The Morgan fingerprint density at radius 2 is 2.00 bits per heavy atom. The van der Waals surface area contributed by atoms with Gasteiger partial charge in [-0.3, -0.25) is 0 Å². The second-order valence-corrected chi connectivity index (χ2v) is 3.04. The fourth-order valence-electron chi connectivity index (χ4n) is 1.19. The molecule has 1 aromatic carbocycles. The third kappa shape index (κ3) is 2.60. The smallest absolute Gasteiger partial charge is 0.337 e. The van der Waals surface area contributed by atoms with E-state index in [0.717, 1.165) is 0 Å². The largest absolute Gasteiger partial charge is 0.478 e. The predicted octanol–water partition coefficient (Wildman–Crippen LogP) is 1.68. The Bertz CT molecular complexity index is 440. The number of benzene rings is 1. The molecule has 0 aliphatic heterocycles. The van der Waals surface area contributed by atoms with E-state index in [9.17, 15) is 9.59 Å². The number of nitrogens with one attached hydrogen (secondary N) is 1. The first-order valence-corrected chi connectivity index (χ1v) is 4.51. The van der Waals surface area contributed by atoms with Crippen molar-refractivity contribution in [3.63, 3.8) is 0 Å². The Morgan fingerprint density at radius 3 is 2.50 bits per heavy atom. The summed E-state index contributed by atoms with van der Waals surface area (Å²) in [6, 6.07) is 3.80. The van der Waals surface area contributed by atoms with E-state index >= 15 is 0 Å². The molecule has 5 heteroatoms. The highest BCUT2D eigenvalue weighted by Crippen LogP contribution is 2.18. The predicted molar refractivity (Wildman–Crippen MR) is 59.0 cm³/mol. The molecule has 3 N–H and O–H groups in total. The zero-order valence-corrected chi connectivity index (χ0v) is 8.43. The minimum Gasteiger partial charge on any atom is -0.478 e. The van der Waals surface area contributed by atoms with Crippen molar-refractivity contribution in [1.82, 2.24) is 0 Å². The fraction of sp³-hybridized carbons (Fsp3) is 0.0909. The van der Waals surface area contributed by atoms with E-state index in [4.69, 9.17) is 10.2 Å². The maximum atomic E-state index is 10.9. The van der Waals surface area contributed by atoms with Crippen LogP contribution >= 0.6 is 0 Å². The van der Waals surface area contributed by atoms with Crippen molar-refractivity contribution >= 4 is 17.6 Å². The molecule has 84 valence electrons. The number of carbonyl (C=O) groups is 2. The van der Waals surface area contributed by atoms with Crippen LogP contribution in [0.5, 0.6) is 0 Å². The van der Waals surface area contributed by atoms with Gasteiger partial charge in [0.2, 0.25) is 0 Å². The van der Waals surface area contributed by atoms with Gasteiger partial charge in [0.25, 0.3) is 0 Å². The number of rotatable bonds is 5. The monoisotopic (exact) mass is 221 g/mol. The van der Waals surface area contributed by atoms with Crippen molar-refractivity contribution in [3.8, 4) is 0 Å². The second kappa shape index (κ2) is 4.97. The highest BCUT2D eigenvalue weighted by Gasteiger charge is 2.12. The molecule has 5 nitrogen and oxygen atoms in total. The molecule has 0 fully saturated rings. The van der Waals surface area contributed by atoms with Crippen LogP contribution in [0.4, 0.5) is 5.69 Å². The third-order valence-corrected chi connectivity index (χ3v) is 1.93. The summed E-state index contributed by atoms with van der Waals surface area (Å²) in [5.74, 6) is -2.21. The molecule has 0 unspecified atom stereocenters. The molecule has 1 rings (SSSR count). The lowest BCUT2D eigenvalue weighted by Gasteiger charge is -2.08. The number of hydrogen-bond donors (Lipinski definition) is 3. The average molecular weight is 221 g/mol. The Kier molecular flexibility index (Phi) is 3.66. The number of carboxylic acids is 2.